The van der Waals surface area contributed by atoms with Crippen LogP contribution in [-0.4, -0.2) is 36.5 Å². The lowest BCUT2D eigenvalue weighted by atomic mass is 10.2. The molecule has 3 aromatic rings. The van der Waals surface area contributed by atoms with E-state index in [0.29, 0.717) is 27.9 Å². The van der Waals surface area contributed by atoms with Crippen molar-refractivity contribution in [2.45, 2.75) is 24.8 Å². The van der Waals surface area contributed by atoms with Crippen molar-refractivity contribution < 1.29 is 17.7 Å². The number of methoxy groups -OCH3 is 1. The fourth-order valence-electron chi connectivity index (χ4n) is 2.71. The highest BCUT2D eigenvalue weighted by molar-refractivity contribution is 7.89. The minimum atomic E-state index is -3.91. The third-order valence-electron chi connectivity index (χ3n) is 4.10. The van der Waals surface area contributed by atoms with Crippen LogP contribution in [0.4, 0.5) is 0 Å². The molecule has 0 aliphatic carbocycles. The maximum absolute atomic E-state index is 13.3. The largest absolute Gasteiger partial charge is 0.495 e. The van der Waals surface area contributed by atoms with E-state index in [0.717, 1.165) is 0 Å². The minimum absolute atomic E-state index is 0.0154. The van der Waals surface area contributed by atoms with E-state index in [2.05, 4.69) is 10.1 Å². The number of aromatic nitrogens is 2. The lowest BCUT2D eigenvalue weighted by Gasteiger charge is -2.21. The number of sulfonamides is 1. The number of benzene rings is 2. The Hall–Kier alpha value is -2.13. The monoisotopic (exact) mass is 455 g/mol. The molecule has 0 radical (unpaired) electrons. The zero-order chi connectivity index (χ0) is 21.0. The van der Waals surface area contributed by atoms with Crippen molar-refractivity contribution in [3.8, 4) is 17.1 Å². The van der Waals surface area contributed by atoms with Crippen molar-refractivity contribution in [3.05, 3.63) is 58.4 Å². The van der Waals surface area contributed by atoms with E-state index in [1.807, 2.05) is 6.92 Å². The quantitative estimate of drug-likeness (QED) is 0.491. The summed E-state index contributed by atoms with van der Waals surface area (Å²) in [6.07, 6.45) is 0.598. The lowest BCUT2D eigenvalue weighted by Crippen LogP contribution is -2.31. The normalized spacial score (nSPS) is 11.8. The van der Waals surface area contributed by atoms with E-state index in [1.165, 1.54) is 23.5 Å². The van der Waals surface area contributed by atoms with E-state index >= 15 is 0 Å². The van der Waals surface area contributed by atoms with Gasteiger partial charge in [-0.1, -0.05) is 35.3 Å². The maximum atomic E-state index is 13.3. The smallest absolute Gasteiger partial charge is 0.247 e. The standard InChI is InChI=1S/C19H19Cl2N3O4S/c1-3-10-24(29(25,26)17-11-15(21)8-9-16(17)27-2)12-18-22-19(23-28-18)13-4-6-14(20)7-5-13/h4-9,11H,3,10,12H2,1-2H3. The molecular weight excluding hydrogens is 437 g/mol. The summed E-state index contributed by atoms with van der Waals surface area (Å²) in [6.45, 7) is 2.06. The Morgan fingerprint density at radius 3 is 2.45 bits per heavy atom. The summed E-state index contributed by atoms with van der Waals surface area (Å²) in [6, 6.07) is 11.4. The molecule has 0 amide bonds. The van der Waals surface area contributed by atoms with Crippen LogP contribution in [0.25, 0.3) is 11.4 Å². The van der Waals surface area contributed by atoms with Gasteiger partial charge < -0.3 is 9.26 Å². The van der Waals surface area contributed by atoms with Gasteiger partial charge in [-0.2, -0.15) is 9.29 Å². The van der Waals surface area contributed by atoms with Crippen LogP contribution < -0.4 is 4.74 Å². The Kier molecular flexibility index (Phi) is 6.79. The van der Waals surface area contributed by atoms with Crippen LogP contribution in [0.5, 0.6) is 5.75 Å². The van der Waals surface area contributed by atoms with Gasteiger partial charge in [-0.3, -0.25) is 0 Å². The van der Waals surface area contributed by atoms with Crippen LogP contribution in [0.15, 0.2) is 51.9 Å². The molecule has 0 aliphatic heterocycles. The van der Waals surface area contributed by atoms with Crippen molar-refractivity contribution in [1.82, 2.24) is 14.4 Å². The third-order valence-corrected chi connectivity index (χ3v) is 6.45. The van der Waals surface area contributed by atoms with E-state index in [1.54, 1.807) is 30.3 Å². The van der Waals surface area contributed by atoms with Gasteiger partial charge in [0, 0.05) is 22.2 Å². The highest BCUT2D eigenvalue weighted by Crippen LogP contribution is 2.30. The second kappa shape index (κ2) is 9.13. The van der Waals surface area contributed by atoms with E-state index in [4.69, 9.17) is 32.5 Å². The van der Waals surface area contributed by atoms with Crippen molar-refractivity contribution in [2.24, 2.45) is 0 Å². The summed E-state index contributed by atoms with van der Waals surface area (Å²) >= 11 is 11.9. The molecule has 2 aromatic carbocycles. The highest BCUT2D eigenvalue weighted by atomic mass is 35.5. The van der Waals surface area contributed by atoms with E-state index < -0.39 is 10.0 Å². The second-order valence-electron chi connectivity index (χ2n) is 6.15. The first-order valence-electron chi connectivity index (χ1n) is 8.77. The van der Waals surface area contributed by atoms with E-state index in [-0.39, 0.29) is 29.6 Å². The Labute approximate surface area is 179 Å². The molecule has 0 unspecified atom stereocenters. The average Bonchev–Trinajstić information content (AvgIpc) is 3.17. The fraction of sp³-hybridized carbons (Fsp3) is 0.263. The van der Waals surface area contributed by atoms with Crippen LogP contribution in [0, 0.1) is 0 Å². The lowest BCUT2D eigenvalue weighted by molar-refractivity contribution is 0.314. The molecule has 0 bridgehead atoms. The predicted molar refractivity (Wildman–Crippen MR) is 111 cm³/mol. The molecule has 154 valence electrons. The Morgan fingerprint density at radius 2 is 1.79 bits per heavy atom. The molecule has 0 N–H and O–H groups in total. The van der Waals surface area contributed by atoms with Crippen LogP contribution >= 0.6 is 23.2 Å². The van der Waals surface area contributed by atoms with Crippen molar-refractivity contribution in [3.63, 3.8) is 0 Å². The van der Waals surface area contributed by atoms with Crippen molar-refractivity contribution in [2.75, 3.05) is 13.7 Å². The topological polar surface area (TPSA) is 85.5 Å². The number of ether oxygens (including phenoxy) is 1. The molecule has 0 spiro atoms. The minimum Gasteiger partial charge on any atom is -0.495 e. The molecule has 10 heteroatoms. The highest BCUT2D eigenvalue weighted by Gasteiger charge is 2.29. The summed E-state index contributed by atoms with van der Waals surface area (Å²) in [5.74, 6) is 0.738. The van der Waals surface area contributed by atoms with Crippen molar-refractivity contribution >= 4 is 33.2 Å². The first kappa shape index (κ1) is 21.6. The number of halogens is 2. The molecule has 1 aromatic heterocycles. The van der Waals surface area contributed by atoms with Crippen molar-refractivity contribution in [1.29, 1.82) is 0 Å². The molecule has 0 aliphatic rings. The van der Waals surface area contributed by atoms with Gasteiger partial charge in [0.25, 0.3) is 0 Å². The zero-order valence-corrected chi connectivity index (χ0v) is 18.1. The number of hydrogen-bond acceptors (Lipinski definition) is 6. The van der Waals surface area contributed by atoms with Gasteiger partial charge in [-0.15, -0.1) is 0 Å². The second-order valence-corrected chi connectivity index (χ2v) is 8.93. The zero-order valence-electron chi connectivity index (χ0n) is 15.8. The maximum Gasteiger partial charge on any atom is 0.247 e. The molecule has 0 saturated carbocycles. The fourth-order valence-corrected chi connectivity index (χ4v) is 4.74. The summed E-state index contributed by atoms with van der Waals surface area (Å²) in [5.41, 5.74) is 0.714. The van der Waals surface area contributed by atoms with Gasteiger partial charge in [0.05, 0.1) is 13.7 Å². The summed E-state index contributed by atoms with van der Waals surface area (Å²) < 4.78 is 38.3. The van der Waals surface area contributed by atoms with Crippen LogP contribution in [-0.2, 0) is 16.6 Å². The van der Waals surface area contributed by atoms with Gasteiger partial charge in [0.2, 0.25) is 21.7 Å². The first-order chi connectivity index (χ1) is 13.8. The molecular formula is C19H19Cl2N3O4S. The number of nitrogens with zero attached hydrogens (tertiary/aromatic N) is 3. The molecule has 0 atom stereocenters. The molecule has 0 saturated heterocycles. The SMILES string of the molecule is CCCN(Cc1nc(-c2ccc(Cl)cc2)no1)S(=O)(=O)c1cc(Cl)ccc1OC. The van der Waals surface area contributed by atoms with Gasteiger partial charge in [0.1, 0.15) is 10.6 Å². The van der Waals surface area contributed by atoms with Gasteiger partial charge in [-0.05, 0) is 48.9 Å². The van der Waals surface area contributed by atoms with Crippen LogP contribution in [0.3, 0.4) is 0 Å². The number of hydrogen-bond donors (Lipinski definition) is 0. The Balaban J connectivity index is 1.91. The third kappa shape index (κ3) is 4.90. The van der Waals surface area contributed by atoms with Gasteiger partial charge >= 0.3 is 0 Å². The summed E-state index contributed by atoms with van der Waals surface area (Å²) in [4.78, 5) is 4.30. The van der Waals surface area contributed by atoms with Crippen LogP contribution in [0.1, 0.15) is 19.2 Å². The number of rotatable bonds is 8. The average molecular weight is 456 g/mol. The Bertz CT molecular complexity index is 1090. The molecule has 29 heavy (non-hydrogen) atoms. The predicted octanol–water partition coefficient (Wildman–Crippen LogP) is 4.65. The Morgan fingerprint density at radius 1 is 1.10 bits per heavy atom. The molecule has 7 nitrogen and oxygen atoms in total. The molecule has 3 rings (SSSR count). The van der Waals surface area contributed by atoms with E-state index in [9.17, 15) is 8.42 Å². The van der Waals surface area contributed by atoms with Gasteiger partial charge in [-0.25, -0.2) is 8.42 Å². The van der Waals surface area contributed by atoms with Crippen LogP contribution in [0.2, 0.25) is 10.0 Å². The summed E-state index contributed by atoms with van der Waals surface area (Å²) in [5, 5.41) is 4.82. The molecule has 1 heterocycles. The van der Waals surface area contributed by atoms with Gasteiger partial charge in [0.15, 0.2) is 0 Å². The summed E-state index contributed by atoms with van der Waals surface area (Å²) in [7, 11) is -2.50. The first-order valence-corrected chi connectivity index (χ1v) is 11.0. The molecule has 0 fully saturated rings.